The Morgan fingerprint density at radius 3 is 2.70 bits per heavy atom. The zero-order valence-corrected chi connectivity index (χ0v) is 16.1. The van der Waals surface area contributed by atoms with Crippen molar-refractivity contribution in [3.05, 3.63) is 36.0 Å². The summed E-state index contributed by atoms with van der Waals surface area (Å²) in [6, 6.07) is 7.64. The fourth-order valence-corrected chi connectivity index (χ4v) is 5.31. The molecule has 2 fully saturated rings. The van der Waals surface area contributed by atoms with E-state index in [0.717, 1.165) is 28.3 Å². The van der Waals surface area contributed by atoms with Gasteiger partial charge in [-0.3, -0.25) is 9.59 Å². The van der Waals surface area contributed by atoms with Gasteiger partial charge in [0.25, 0.3) is 0 Å². The van der Waals surface area contributed by atoms with E-state index < -0.39 is 6.04 Å². The Morgan fingerprint density at radius 2 is 2.00 bits per heavy atom. The Morgan fingerprint density at radius 1 is 1.19 bits per heavy atom. The molecule has 5 nitrogen and oxygen atoms in total. The number of nitrogens with one attached hydrogen (secondary N) is 3. The van der Waals surface area contributed by atoms with Gasteiger partial charge in [-0.2, -0.15) is 0 Å². The van der Waals surface area contributed by atoms with Gasteiger partial charge in [0.05, 0.1) is 0 Å². The molecule has 144 valence electrons. The first kappa shape index (κ1) is 18.1. The van der Waals surface area contributed by atoms with Crippen LogP contribution >= 0.6 is 0 Å². The van der Waals surface area contributed by atoms with Crippen molar-refractivity contribution in [3.8, 4) is 0 Å². The molecule has 1 heterocycles. The van der Waals surface area contributed by atoms with E-state index in [9.17, 15) is 9.59 Å². The van der Waals surface area contributed by atoms with E-state index in [2.05, 4.69) is 22.5 Å². The molecule has 2 amide bonds. The predicted molar refractivity (Wildman–Crippen MR) is 106 cm³/mol. The number of amides is 2. The van der Waals surface area contributed by atoms with Crippen LogP contribution in [0.1, 0.15) is 45.1 Å². The minimum atomic E-state index is -0.553. The van der Waals surface area contributed by atoms with Gasteiger partial charge < -0.3 is 15.6 Å². The Kier molecular flexibility index (Phi) is 4.94. The fraction of sp³-hybridized carbons (Fsp3) is 0.545. The number of hydrogen-bond donors (Lipinski definition) is 3. The molecule has 4 rings (SSSR count). The lowest BCUT2D eigenvalue weighted by Crippen LogP contribution is -2.51. The number of carbonyl (C=O) groups excluding carboxylic acids is 2. The monoisotopic (exact) mass is 367 g/mol. The van der Waals surface area contributed by atoms with Crippen molar-refractivity contribution in [2.75, 3.05) is 0 Å². The summed E-state index contributed by atoms with van der Waals surface area (Å²) in [4.78, 5) is 27.9. The Hall–Kier alpha value is -2.30. The SMILES string of the molecule is CC(=O)NC(Cc1c[nH]c2ccccc12)C(=O)NC(C)C1CC2CCC1C2. The predicted octanol–water partition coefficient (Wildman–Crippen LogP) is 3.16. The van der Waals surface area contributed by atoms with Gasteiger partial charge >= 0.3 is 0 Å². The molecule has 27 heavy (non-hydrogen) atoms. The highest BCUT2D eigenvalue weighted by Crippen LogP contribution is 2.49. The molecule has 1 aromatic carbocycles. The van der Waals surface area contributed by atoms with Gasteiger partial charge in [0.1, 0.15) is 6.04 Å². The van der Waals surface area contributed by atoms with Gasteiger partial charge in [-0.05, 0) is 55.6 Å². The van der Waals surface area contributed by atoms with Crippen molar-refractivity contribution in [1.82, 2.24) is 15.6 Å². The summed E-state index contributed by atoms with van der Waals surface area (Å²) in [5.41, 5.74) is 2.09. The van der Waals surface area contributed by atoms with Crippen LogP contribution < -0.4 is 10.6 Å². The second kappa shape index (κ2) is 7.37. The third-order valence-corrected chi connectivity index (χ3v) is 6.60. The molecule has 5 atom stereocenters. The molecule has 2 bridgehead atoms. The van der Waals surface area contributed by atoms with Crippen LogP contribution in [-0.2, 0) is 16.0 Å². The van der Waals surface area contributed by atoms with Gasteiger partial charge in [-0.15, -0.1) is 0 Å². The molecule has 1 aromatic heterocycles. The normalized spacial score (nSPS) is 26.1. The van der Waals surface area contributed by atoms with Crippen LogP contribution in [0.15, 0.2) is 30.5 Å². The van der Waals surface area contributed by atoms with Crippen LogP contribution in [-0.4, -0.2) is 28.9 Å². The van der Waals surface area contributed by atoms with Crippen LogP contribution in [0.2, 0.25) is 0 Å². The average molecular weight is 367 g/mol. The number of rotatable bonds is 6. The van der Waals surface area contributed by atoms with Crippen molar-refractivity contribution in [2.45, 2.75) is 58.0 Å². The van der Waals surface area contributed by atoms with Crippen LogP contribution in [0.3, 0.4) is 0 Å². The van der Waals surface area contributed by atoms with Crippen LogP contribution in [0, 0.1) is 17.8 Å². The first-order chi connectivity index (χ1) is 13.0. The molecule has 0 radical (unpaired) electrons. The number of benzene rings is 1. The summed E-state index contributed by atoms with van der Waals surface area (Å²) >= 11 is 0. The van der Waals surface area contributed by atoms with Crippen molar-refractivity contribution < 1.29 is 9.59 Å². The zero-order valence-electron chi connectivity index (χ0n) is 16.1. The number of fused-ring (bicyclic) bond motifs is 3. The summed E-state index contributed by atoms with van der Waals surface area (Å²) in [5, 5.41) is 7.16. The first-order valence-corrected chi connectivity index (χ1v) is 10.1. The molecule has 2 aliphatic rings. The number of H-pyrrole nitrogens is 1. The molecule has 2 aliphatic carbocycles. The number of hydrogen-bond acceptors (Lipinski definition) is 2. The fourth-order valence-electron chi connectivity index (χ4n) is 5.31. The van der Waals surface area contributed by atoms with Gasteiger partial charge in [0, 0.05) is 36.5 Å². The van der Waals surface area contributed by atoms with Crippen LogP contribution in [0.25, 0.3) is 10.9 Å². The topological polar surface area (TPSA) is 74.0 Å². The Bertz CT molecular complexity index is 843. The van der Waals surface area contributed by atoms with Gasteiger partial charge in [-0.1, -0.05) is 24.6 Å². The van der Waals surface area contributed by atoms with Gasteiger partial charge in [0.15, 0.2) is 0 Å². The number of carbonyl (C=O) groups is 2. The van der Waals surface area contributed by atoms with Gasteiger partial charge in [-0.25, -0.2) is 0 Å². The Labute approximate surface area is 160 Å². The molecule has 2 aromatic rings. The number of para-hydroxylation sites is 1. The minimum absolute atomic E-state index is 0.0780. The second-order valence-corrected chi connectivity index (χ2v) is 8.45. The second-order valence-electron chi connectivity index (χ2n) is 8.45. The molecule has 2 saturated carbocycles. The lowest BCUT2D eigenvalue weighted by atomic mass is 9.84. The van der Waals surface area contributed by atoms with Crippen LogP contribution in [0.5, 0.6) is 0 Å². The summed E-state index contributed by atoms with van der Waals surface area (Å²) in [6.07, 6.45) is 7.65. The molecule has 0 spiro atoms. The van der Waals surface area contributed by atoms with Gasteiger partial charge in [0.2, 0.25) is 11.8 Å². The van der Waals surface area contributed by atoms with E-state index in [4.69, 9.17) is 0 Å². The minimum Gasteiger partial charge on any atom is -0.361 e. The zero-order chi connectivity index (χ0) is 19.0. The molecule has 5 heteroatoms. The molecular weight excluding hydrogens is 338 g/mol. The first-order valence-electron chi connectivity index (χ1n) is 10.1. The van der Waals surface area contributed by atoms with E-state index in [-0.39, 0.29) is 17.9 Å². The average Bonchev–Trinajstić information content (AvgIpc) is 3.36. The lowest BCUT2D eigenvalue weighted by Gasteiger charge is -2.30. The van der Waals surface area contributed by atoms with Crippen molar-refractivity contribution in [1.29, 1.82) is 0 Å². The molecule has 5 unspecified atom stereocenters. The molecule has 0 aliphatic heterocycles. The summed E-state index contributed by atoms with van der Waals surface area (Å²) < 4.78 is 0. The lowest BCUT2D eigenvalue weighted by molar-refractivity contribution is -0.128. The summed E-state index contributed by atoms with van der Waals surface area (Å²) in [7, 11) is 0. The van der Waals surface area contributed by atoms with Crippen molar-refractivity contribution >= 4 is 22.7 Å². The highest BCUT2D eigenvalue weighted by atomic mass is 16.2. The third-order valence-electron chi connectivity index (χ3n) is 6.60. The number of aromatic amines is 1. The highest BCUT2D eigenvalue weighted by molar-refractivity contribution is 5.89. The summed E-state index contributed by atoms with van der Waals surface area (Å²) in [6.45, 7) is 3.59. The number of aromatic nitrogens is 1. The van der Waals surface area contributed by atoms with E-state index in [1.807, 2.05) is 30.5 Å². The van der Waals surface area contributed by atoms with E-state index in [0.29, 0.717) is 12.3 Å². The molecule has 3 N–H and O–H groups in total. The maximum atomic E-state index is 13.0. The maximum absolute atomic E-state index is 13.0. The largest absolute Gasteiger partial charge is 0.361 e. The smallest absolute Gasteiger partial charge is 0.243 e. The van der Waals surface area contributed by atoms with E-state index in [1.165, 1.54) is 32.6 Å². The quantitative estimate of drug-likeness (QED) is 0.734. The molecule has 0 saturated heterocycles. The standard InChI is InChI=1S/C22H29N3O2/c1-13(19-10-15-7-8-16(19)9-15)24-22(27)21(25-14(2)26)11-17-12-23-20-6-4-3-5-18(17)20/h3-6,12-13,15-16,19,21,23H,7-11H2,1-2H3,(H,24,27)(H,25,26). The third kappa shape index (κ3) is 3.73. The summed E-state index contributed by atoms with van der Waals surface area (Å²) in [5.74, 6) is 1.95. The Balaban J connectivity index is 1.46. The van der Waals surface area contributed by atoms with E-state index >= 15 is 0 Å². The van der Waals surface area contributed by atoms with Crippen LogP contribution in [0.4, 0.5) is 0 Å². The molecular formula is C22H29N3O2. The van der Waals surface area contributed by atoms with Crippen molar-refractivity contribution in [3.63, 3.8) is 0 Å². The van der Waals surface area contributed by atoms with Crippen molar-refractivity contribution in [2.24, 2.45) is 17.8 Å². The maximum Gasteiger partial charge on any atom is 0.243 e. The highest BCUT2D eigenvalue weighted by Gasteiger charge is 2.42. The van der Waals surface area contributed by atoms with E-state index in [1.54, 1.807) is 0 Å².